The van der Waals surface area contributed by atoms with Gasteiger partial charge in [0, 0.05) is 34.6 Å². The summed E-state index contributed by atoms with van der Waals surface area (Å²) in [6.45, 7) is 4.94. The summed E-state index contributed by atoms with van der Waals surface area (Å²) in [5, 5.41) is 0. The minimum absolute atomic E-state index is 0.187. The molecule has 2 aliphatic heterocycles. The largest absolute Gasteiger partial charge is 0.425 e. The number of esters is 1. The van der Waals surface area contributed by atoms with E-state index in [9.17, 15) is 14.4 Å². The van der Waals surface area contributed by atoms with E-state index >= 15 is 0 Å². The maximum absolute atomic E-state index is 13.9. The number of ether oxygens (including phenoxy) is 1. The number of Topliss-reactive ketones (excluding diaryl/α,β-unsaturated/α-hetero) is 1. The molecule has 0 bridgehead atoms. The smallest absolute Gasteiger partial charge is 0.328 e. The summed E-state index contributed by atoms with van der Waals surface area (Å²) in [6.07, 6.45) is 2.89. The number of ketones is 1. The number of hydrogen-bond donors (Lipinski definition) is 0. The Balaban J connectivity index is 1.67. The van der Waals surface area contributed by atoms with E-state index in [2.05, 4.69) is 15.9 Å². The van der Waals surface area contributed by atoms with Crippen molar-refractivity contribution in [2.75, 3.05) is 13.1 Å². The van der Waals surface area contributed by atoms with Crippen molar-refractivity contribution in [3.05, 3.63) is 63.6 Å². The summed E-state index contributed by atoms with van der Waals surface area (Å²) in [6, 6.07) is 12.7. The molecule has 2 aromatic rings. The molecule has 5 nitrogen and oxygen atoms in total. The van der Waals surface area contributed by atoms with Gasteiger partial charge in [-0.1, -0.05) is 45.8 Å². The Morgan fingerprint density at radius 3 is 2.42 bits per heavy atom. The van der Waals surface area contributed by atoms with Crippen molar-refractivity contribution in [2.45, 2.75) is 39.0 Å². The molecule has 1 amide bonds. The minimum Gasteiger partial charge on any atom is -0.425 e. The minimum atomic E-state index is -1.51. The molecule has 2 aromatic carbocycles. The Bertz CT molecular complexity index is 1110. The van der Waals surface area contributed by atoms with Gasteiger partial charge in [0.05, 0.1) is 5.41 Å². The molecular weight excluding hydrogens is 458 g/mol. The lowest BCUT2D eigenvalue weighted by atomic mass is 9.85. The van der Waals surface area contributed by atoms with Crippen LogP contribution in [0.3, 0.4) is 0 Å². The third-order valence-electron chi connectivity index (χ3n) is 7.32. The Hall–Kier alpha value is -2.47. The molecular formula is C25H24BrNO4. The molecule has 3 atom stereocenters. The van der Waals surface area contributed by atoms with E-state index in [1.807, 2.05) is 25.1 Å². The second-order valence-corrected chi connectivity index (χ2v) is 9.98. The van der Waals surface area contributed by atoms with Crippen LogP contribution >= 0.6 is 15.9 Å². The average molecular weight is 482 g/mol. The second kappa shape index (κ2) is 7.02. The number of rotatable bonds is 3. The number of carbonyl (C=O) groups excluding carboxylic acids is 3. The first-order valence-corrected chi connectivity index (χ1v) is 11.5. The fourth-order valence-corrected chi connectivity index (χ4v) is 5.98. The Labute approximate surface area is 189 Å². The van der Waals surface area contributed by atoms with Crippen LogP contribution in [0, 0.1) is 17.8 Å². The van der Waals surface area contributed by atoms with Gasteiger partial charge in [-0.25, -0.2) is 0 Å². The normalized spacial score (nSPS) is 28.9. The van der Waals surface area contributed by atoms with E-state index in [0.29, 0.717) is 24.4 Å². The van der Waals surface area contributed by atoms with Gasteiger partial charge in [-0.2, -0.15) is 0 Å². The highest BCUT2D eigenvalue weighted by Crippen LogP contribution is 2.78. The van der Waals surface area contributed by atoms with Crippen molar-refractivity contribution in [1.29, 1.82) is 0 Å². The topological polar surface area (TPSA) is 63.7 Å². The Morgan fingerprint density at radius 1 is 1.06 bits per heavy atom. The first-order chi connectivity index (χ1) is 14.8. The number of likely N-dealkylation sites (tertiary alicyclic amines) is 1. The van der Waals surface area contributed by atoms with E-state index < -0.39 is 22.7 Å². The zero-order chi connectivity index (χ0) is 22.0. The quantitative estimate of drug-likeness (QED) is 0.276. The van der Waals surface area contributed by atoms with Crippen LogP contribution in [0.15, 0.2) is 46.9 Å². The van der Waals surface area contributed by atoms with Crippen LogP contribution < -0.4 is 4.74 Å². The molecule has 0 aromatic heterocycles. The number of amides is 1. The maximum Gasteiger partial charge on any atom is 0.328 e. The van der Waals surface area contributed by atoms with E-state index in [1.54, 1.807) is 36.1 Å². The van der Waals surface area contributed by atoms with Crippen LogP contribution in [0.25, 0.3) is 0 Å². The van der Waals surface area contributed by atoms with Gasteiger partial charge < -0.3 is 9.64 Å². The molecule has 1 saturated heterocycles. The van der Waals surface area contributed by atoms with E-state index in [4.69, 9.17) is 4.74 Å². The molecule has 0 spiro atoms. The van der Waals surface area contributed by atoms with Crippen LogP contribution in [0.1, 0.15) is 53.6 Å². The molecule has 2 heterocycles. The van der Waals surface area contributed by atoms with Gasteiger partial charge in [0.25, 0.3) is 0 Å². The van der Waals surface area contributed by atoms with Gasteiger partial charge in [-0.05, 0) is 51.3 Å². The summed E-state index contributed by atoms with van der Waals surface area (Å²) in [7, 11) is 0. The van der Waals surface area contributed by atoms with Crippen molar-refractivity contribution < 1.29 is 19.1 Å². The molecule has 160 valence electrons. The summed E-state index contributed by atoms with van der Waals surface area (Å²) in [5.74, 6) is -1.17. The molecule has 0 N–H and O–H groups in total. The number of hydrogen-bond acceptors (Lipinski definition) is 4. The lowest BCUT2D eigenvalue weighted by Gasteiger charge is -2.32. The number of halogens is 1. The third-order valence-corrected chi connectivity index (χ3v) is 7.81. The fraction of sp³-hybridized carbons (Fsp3) is 0.400. The summed E-state index contributed by atoms with van der Waals surface area (Å²) >= 11 is 3.49. The molecule has 1 aliphatic carbocycles. The van der Waals surface area contributed by atoms with Crippen molar-refractivity contribution in [1.82, 2.24) is 4.90 Å². The zero-order valence-corrected chi connectivity index (χ0v) is 19.2. The van der Waals surface area contributed by atoms with Crippen molar-refractivity contribution >= 4 is 33.6 Å². The molecule has 0 radical (unpaired) electrons. The average Bonchev–Trinajstić information content (AvgIpc) is 3.37. The number of carbonyl (C=O) groups is 3. The van der Waals surface area contributed by atoms with Crippen LogP contribution in [0.2, 0.25) is 0 Å². The number of fused-ring (bicyclic) bond motifs is 3. The molecule has 3 aliphatic rings. The predicted molar refractivity (Wildman–Crippen MR) is 119 cm³/mol. The van der Waals surface area contributed by atoms with Gasteiger partial charge in [-0.15, -0.1) is 0 Å². The summed E-state index contributed by atoms with van der Waals surface area (Å²) in [5.41, 5.74) is -0.414. The third kappa shape index (κ3) is 2.70. The first kappa shape index (κ1) is 20.4. The van der Waals surface area contributed by atoms with Crippen molar-refractivity contribution in [3.8, 4) is 5.75 Å². The SMILES string of the molecule is Cc1ccc(C(=O)[C@@]2(C)[C@@H]3c4cc(Br)ccc4OC(=O)[C@@]32C(=O)N2CCCCC2)cc1. The molecule has 31 heavy (non-hydrogen) atoms. The maximum atomic E-state index is 13.9. The van der Waals surface area contributed by atoms with Crippen LogP contribution in [0.5, 0.6) is 5.75 Å². The van der Waals surface area contributed by atoms with Gasteiger partial charge in [0.1, 0.15) is 5.75 Å². The molecule has 1 saturated carbocycles. The zero-order valence-electron chi connectivity index (χ0n) is 17.6. The van der Waals surface area contributed by atoms with Gasteiger partial charge in [-0.3, -0.25) is 14.4 Å². The number of benzene rings is 2. The first-order valence-electron chi connectivity index (χ1n) is 10.7. The van der Waals surface area contributed by atoms with E-state index in [1.165, 1.54) is 0 Å². The molecule has 2 fully saturated rings. The van der Waals surface area contributed by atoms with E-state index in [0.717, 1.165) is 34.9 Å². The monoisotopic (exact) mass is 481 g/mol. The number of aryl methyl sites for hydroxylation is 1. The second-order valence-electron chi connectivity index (χ2n) is 9.06. The van der Waals surface area contributed by atoms with Crippen LogP contribution in [-0.2, 0) is 9.59 Å². The fourth-order valence-electron chi connectivity index (χ4n) is 5.61. The number of piperidine rings is 1. The van der Waals surface area contributed by atoms with Gasteiger partial charge in [0.15, 0.2) is 11.2 Å². The van der Waals surface area contributed by atoms with Gasteiger partial charge >= 0.3 is 5.97 Å². The lowest BCUT2D eigenvalue weighted by Crippen LogP contribution is -2.49. The Morgan fingerprint density at radius 2 is 1.74 bits per heavy atom. The highest BCUT2D eigenvalue weighted by atomic mass is 79.9. The molecule has 5 rings (SSSR count). The van der Waals surface area contributed by atoms with Crippen molar-refractivity contribution in [2.24, 2.45) is 10.8 Å². The highest BCUT2D eigenvalue weighted by molar-refractivity contribution is 9.10. The summed E-state index contributed by atoms with van der Waals surface area (Å²) in [4.78, 5) is 43.0. The van der Waals surface area contributed by atoms with Crippen molar-refractivity contribution in [3.63, 3.8) is 0 Å². The highest BCUT2D eigenvalue weighted by Gasteiger charge is 2.88. The van der Waals surface area contributed by atoms with Crippen LogP contribution in [-0.4, -0.2) is 35.6 Å². The van der Waals surface area contributed by atoms with Gasteiger partial charge in [0.2, 0.25) is 5.91 Å². The van der Waals surface area contributed by atoms with Crippen LogP contribution in [0.4, 0.5) is 0 Å². The number of nitrogens with zero attached hydrogens (tertiary/aromatic N) is 1. The molecule has 0 unspecified atom stereocenters. The Kier molecular flexibility index (Phi) is 4.63. The standard InChI is InChI=1S/C25H24BrNO4/c1-15-6-8-16(9-7-15)21(28)24(2)20-18-14-17(26)10-11-19(18)31-23(30)25(20,24)22(29)27-12-4-3-5-13-27/h6-11,14,20H,3-5,12-13H2,1-2H3/t20-,24+,25-/m0/s1. The molecule has 6 heteroatoms. The lowest BCUT2D eigenvalue weighted by molar-refractivity contribution is -0.154. The summed E-state index contributed by atoms with van der Waals surface area (Å²) < 4.78 is 6.52. The van der Waals surface area contributed by atoms with E-state index in [-0.39, 0.29) is 11.7 Å². The predicted octanol–water partition coefficient (Wildman–Crippen LogP) is 4.66.